The number of pyridine rings is 1. The molecule has 30 heavy (non-hydrogen) atoms. The first-order valence-corrected chi connectivity index (χ1v) is 9.43. The molecular formula is C19H21FN8O2. The first kappa shape index (κ1) is 19.7. The van der Waals surface area contributed by atoms with Crippen molar-refractivity contribution in [2.45, 2.75) is 38.3 Å². The lowest BCUT2D eigenvalue weighted by Gasteiger charge is -2.16. The van der Waals surface area contributed by atoms with Gasteiger partial charge in [-0.1, -0.05) is 0 Å². The van der Waals surface area contributed by atoms with Gasteiger partial charge in [-0.15, -0.1) is 0 Å². The third-order valence-electron chi connectivity index (χ3n) is 4.83. The maximum Gasteiger partial charge on any atom is 0.268 e. The summed E-state index contributed by atoms with van der Waals surface area (Å²) in [4.78, 5) is 23.4. The highest BCUT2D eigenvalue weighted by molar-refractivity contribution is 5.90. The molecule has 1 aliphatic carbocycles. The molecule has 0 bridgehead atoms. The number of aromatic amines is 1. The van der Waals surface area contributed by atoms with Crippen molar-refractivity contribution in [1.82, 2.24) is 25.1 Å². The zero-order chi connectivity index (χ0) is 21.3. The smallest absolute Gasteiger partial charge is 0.268 e. The quantitative estimate of drug-likeness (QED) is 0.477. The van der Waals surface area contributed by atoms with E-state index in [9.17, 15) is 9.18 Å². The predicted octanol–water partition coefficient (Wildman–Crippen LogP) is 1.81. The predicted molar refractivity (Wildman–Crippen MR) is 107 cm³/mol. The van der Waals surface area contributed by atoms with E-state index in [4.69, 9.17) is 16.2 Å². The van der Waals surface area contributed by atoms with E-state index in [2.05, 4.69) is 30.5 Å². The van der Waals surface area contributed by atoms with Gasteiger partial charge in [0.15, 0.2) is 11.6 Å². The van der Waals surface area contributed by atoms with Crippen LogP contribution in [0.15, 0.2) is 24.5 Å². The number of primary amides is 1. The average molecular weight is 412 g/mol. The topological polar surface area (TPSA) is 158 Å². The van der Waals surface area contributed by atoms with Crippen LogP contribution in [0, 0.1) is 12.7 Å². The number of hydrogen-bond acceptors (Lipinski definition) is 8. The monoisotopic (exact) mass is 412 g/mol. The van der Waals surface area contributed by atoms with E-state index >= 15 is 0 Å². The second-order valence-corrected chi connectivity index (χ2v) is 7.16. The number of nitrogens with one attached hydrogen (secondary N) is 2. The first-order chi connectivity index (χ1) is 14.4. The van der Waals surface area contributed by atoms with Gasteiger partial charge < -0.3 is 21.5 Å². The molecule has 0 unspecified atom stereocenters. The molecular weight excluding hydrogens is 391 g/mol. The Labute approximate surface area is 171 Å². The molecule has 1 fully saturated rings. The number of aromatic nitrogens is 5. The molecule has 1 saturated carbocycles. The van der Waals surface area contributed by atoms with Crippen LogP contribution in [0.2, 0.25) is 0 Å². The van der Waals surface area contributed by atoms with Crippen molar-refractivity contribution in [3.8, 4) is 17.1 Å². The highest BCUT2D eigenvalue weighted by Gasteiger charge is 2.25. The lowest BCUT2D eigenvalue weighted by atomic mass is 10.2. The fourth-order valence-corrected chi connectivity index (χ4v) is 3.26. The Hall–Kier alpha value is -3.60. The van der Waals surface area contributed by atoms with E-state index in [1.165, 1.54) is 18.5 Å². The minimum Gasteiger partial charge on any atom is -0.488 e. The minimum absolute atomic E-state index is 0.0580. The Morgan fingerprint density at radius 1 is 1.27 bits per heavy atom. The molecule has 0 saturated heterocycles. The third-order valence-corrected chi connectivity index (χ3v) is 4.83. The molecule has 3 heterocycles. The fourth-order valence-electron chi connectivity index (χ4n) is 3.26. The molecule has 0 spiro atoms. The maximum absolute atomic E-state index is 14.2. The molecule has 2 atom stereocenters. The van der Waals surface area contributed by atoms with Crippen molar-refractivity contribution in [2.75, 3.05) is 5.32 Å². The van der Waals surface area contributed by atoms with Crippen LogP contribution in [0.25, 0.3) is 11.4 Å². The van der Waals surface area contributed by atoms with Crippen LogP contribution in [0.1, 0.15) is 35.4 Å². The lowest BCUT2D eigenvalue weighted by Crippen LogP contribution is -2.19. The van der Waals surface area contributed by atoms with Gasteiger partial charge in [-0.2, -0.15) is 5.10 Å². The van der Waals surface area contributed by atoms with Crippen LogP contribution in [-0.4, -0.2) is 43.2 Å². The Bertz CT molecular complexity index is 1070. The van der Waals surface area contributed by atoms with Gasteiger partial charge in [0.25, 0.3) is 5.91 Å². The molecule has 11 heteroatoms. The Morgan fingerprint density at radius 2 is 2.10 bits per heavy atom. The van der Waals surface area contributed by atoms with Crippen LogP contribution in [-0.2, 0) is 0 Å². The van der Waals surface area contributed by atoms with Crippen LogP contribution in [0.5, 0.6) is 5.75 Å². The zero-order valence-corrected chi connectivity index (χ0v) is 16.2. The van der Waals surface area contributed by atoms with Crippen LogP contribution < -0.4 is 21.5 Å². The second kappa shape index (κ2) is 8.03. The number of nitrogens with two attached hydrogens (primary N) is 2. The van der Waals surface area contributed by atoms with Crippen molar-refractivity contribution < 1.29 is 13.9 Å². The van der Waals surface area contributed by atoms with E-state index < -0.39 is 11.7 Å². The molecule has 1 aliphatic rings. The molecule has 1 amide bonds. The fraction of sp³-hybridized carbons (Fsp3) is 0.316. The Morgan fingerprint density at radius 3 is 2.77 bits per heavy atom. The molecule has 0 aromatic carbocycles. The number of rotatable bonds is 6. The summed E-state index contributed by atoms with van der Waals surface area (Å²) in [5.74, 6) is 0.0304. The van der Waals surface area contributed by atoms with Crippen LogP contribution in [0.3, 0.4) is 0 Å². The molecule has 156 valence electrons. The summed E-state index contributed by atoms with van der Waals surface area (Å²) in [6.45, 7) is 1.58. The highest BCUT2D eigenvalue weighted by Crippen LogP contribution is 2.33. The number of ether oxygens (including phenoxy) is 1. The average Bonchev–Trinajstić information content (AvgIpc) is 3.34. The van der Waals surface area contributed by atoms with Gasteiger partial charge in [0.1, 0.15) is 29.1 Å². The minimum atomic E-state index is -0.662. The Balaban J connectivity index is 1.57. The van der Waals surface area contributed by atoms with Crippen LogP contribution in [0.4, 0.5) is 16.0 Å². The van der Waals surface area contributed by atoms with Crippen molar-refractivity contribution in [2.24, 2.45) is 11.5 Å². The van der Waals surface area contributed by atoms with Crippen molar-refractivity contribution >= 4 is 17.5 Å². The molecule has 3 aromatic heterocycles. The number of aryl methyl sites for hydroxylation is 1. The summed E-state index contributed by atoms with van der Waals surface area (Å²) >= 11 is 0. The van der Waals surface area contributed by atoms with E-state index in [0.29, 0.717) is 35.2 Å². The summed E-state index contributed by atoms with van der Waals surface area (Å²) in [5, 5.41) is 10.0. The van der Waals surface area contributed by atoms with Gasteiger partial charge in [0.2, 0.25) is 0 Å². The SMILES string of the molecule is Cc1nc(-c2cc(Nc3cnc(C(N)=O)cn3)n[nH]2)c(O[C@@H]2CC[C@H](N)C2)cc1F. The number of anilines is 2. The van der Waals surface area contributed by atoms with E-state index in [-0.39, 0.29) is 23.5 Å². The summed E-state index contributed by atoms with van der Waals surface area (Å²) in [6.07, 6.45) is 4.95. The van der Waals surface area contributed by atoms with Crippen molar-refractivity contribution in [3.63, 3.8) is 0 Å². The largest absolute Gasteiger partial charge is 0.488 e. The molecule has 0 aliphatic heterocycles. The van der Waals surface area contributed by atoms with Gasteiger partial charge in [-0.05, 0) is 26.2 Å². The van der Waals surface area contributed by atoms with E-state index in [1.54, 1.807) is 13.0 Å². The number of amides is 1. The molecule has 6 N–H and O–H groups in total. The summed E-state index contributed by atoms with van der Waals surface area (Å²) in [7, 11) is 0. The van der Waals surface area contributed by atoms with Crippen molar-refractivity contribution in [1.29, 1.82) is 0 Å². The summed E-state index contributed by atoms with van der Waals surface area (Å²) < 4.78 is 20.2. The third kappa shape index (κ3) is 4.20. The number of halogens is 1. The molecule has 3 aromatic rings. The normalized spacial score (nSPS) is 18.4. The van der Waals surface area contributed by atoms with Gasteiger partial charge in [-0.3, -0.25) is 9.89 Å². The lowest BCUT2D eigenvalue weighted by molar-refractivity contribution is 0.0995. The molecule has 4 rings (SSSR count). The summed E-state index contributed by atoms with van der Waals surface area (Å²) in [6, 6.07) is 3.12. The van der Waals surface area contributed by atoms with Gasteiger partial charge in [0, 0.05) is 18.2 Å². The number of carbonyl (C=O) groups excluding carboxylic acids is 1. The molecule has 10 nitrogen and oxygen atoms in total. The number of H-pyrrole nitrogens is 1. The number of nitrogens with zero attached hydrogens (tertiary/aromatic N) is 4. The van der Waals surface area contributed by atoms with Gasteiger partial charge in [-0.25, -0.2) is 19.3 Å². The van der Waals surface area contributed by atoms with Gasteiger partial charge >= 0.3 is 0 Å². The van der Waals surface area contributed by atoms with Crippen molar-refractivity contribution in [3.05, 3.63) is 41.7 Å². The standard InChI is InChI=1S/C19H21FN8O2/c1-9-12(20)5-15(30-11-3-2-10(21)4-11)18(25-9)13-6-16(28-27-13)26-17-8-23-14(7-24-17)19(22)29/h5-8,10-11H,2-4,21H2,1H3,(H2,22,29)(H2,24,26,27,28)/t10-,11+/m0/s1. The summed E-state index contributed by atoms with van der Waals surface area (Å²) in [5.41, 5.74) is 12.4. The Kier molecular flexibility index (Phi) is 5.27. The zero-order valence-electron chi connectivity index (χ0n) is 16.2. The number of carbonyl (C=O) groups is 1. The first-order valence-electron chi connectivity index (χ1n) is 9.43. The maximum atomic E-state index is 14.2. The van der Waals surface area contributed by atoms with Crippen LogP contribution >= 0.6 is 0 Å². The second-order valence-electron chi connectivity index (χ2n) is 7.16. The van der Waals surface area contributed by atoms with E-state index in [1.807, 2.05) is 0 Å². The van der Waals surface area contributed by atoms with Gasteiger partial charge in [0.05, 0.1) is 23.8 Å². The highest BCUT2D eigenvalue weighted by atomic mass is 19.1. The number of hydrogen-bond donors (Lipinski definition) is 4. The molecule has 0 radical (unpaired) electrons. The van der Waals surface area contributed by atoms with E-state index in [0.717, 1.165) is 12.8 Å².